The molecular weight excluding hydrogens is 244 g/mol. The summed E-state index contributed by atoms with van der Waals surface area (Å²) in [6.07, 6.45) is 4.83. The normalized spacial score (nSPS) is 11.1. The Morgan fingerprint density at radius 2 is 2.28 bits per heavy atom. The van der Waals surface area contributed by atoms with Crippen LogP contribution in [0.2, 0.25) is 0 Å². The third kappa shape index (κ3) is 2.88. The molecule has 0 fully saturated rings. The number of rotatable bonds is 5. The highest BCUT2D eigenvalue weighted by Crippen LogP contribution is 2.13. The van der Waals surface area contributed by atoms with Crippen LogP contribution in [0.5, 0.6) is 0 Å². The number of nitrogens with zero attached hydrogens (tertiary/aromatic N) is 2. The summed E-state index contributed by atoms with van der Waals surface area (Å²) in [7, 11) is 0. The van der Waals surface area contributed by atoms with Crippen LogP contribution in [0.15, 0.2) is 23.8 Å². The summed E-state index contributed by atoms with van der Waals surface area (Å²) in [4.78, 5) is 16.4. The van der Waals surface area contributed by atoms with Crippen LogP contribution in [-0.2, 0) is 13.0 Å². The van der Waals surface area contributed by atoms with Gasteiger partial charge < -0.3 is 4.57 Å². The molecule has 96 valence electrons. The van der Waals surface area contributed by atoms with Gasteiger partial charge in [-0.15, -0.1) is 11.3 Å². The Morgan fingerprint density at radius 3 is 2.89 bits per heavy atom. The van der Waals surface area contributed by atoms with Crippen molar-refractivity contribution in [1.29, 1.82) is 0 Å². The van der Waals surface area contributed by atoms with Gasteiger partial charge in [-0.25, -0.2) is 4.98 Å². The monoisotopic (exact) mass is 262 g/mol. The smallest absolute Gasteiger partial charge is 0.166 e. The Labute approximate surface area is 111 Å². The average molecular weight is 262 g/mol. The number of aryl methyl sites for hydroxylation is 1. The summed E-state index contributed by atoms with van der Waals surface area (Å²) >= 11 is 1.70. The zero-order valence-electron chi connectivity index (χ0n) is 11.0. The molecule has 0 aliphatic carbocycles. The van der Waals surface area contributed by atoms with Crippen LogP contribution >= 0.6 is 11.3 Å². The Hall–Kier alpha value is -1.42. The van der Waals surface area contributed by atoms with E-state index in [9.17, 15) is 4.79 Å². The highest BCUT2D eigenvalue weighted by molar-refractivity contribution is 7.09. The van der Waals surface area contributed by atoms with Crippen molar-refractivity contribution in [3.63, 3.8) is 0 Å². The molecule has 0 aliphatic rings. The van der Waals surface area contributed by atoms with Crippen molar-refractivity contribution in [3.8, 4) is 0 Å². The second-order valence-corrected chi connectivity index (χ2v) is 5.62. The van der Waals surface area contributed by atoms with E-state index in [1.165, 1.54) is 0 Å². The maximum Gasteiger partial charge on any atom is 0.166 e. The van der Waals surface area contributed by atoms with Crippen molar-refractivity contribution in [1.82, 2.24) is 9.55 Å². The molecule has 0 saturated carbocycles. The van der Waals surface area contributed by atoms with Crippen molar-refractivity contribution in [2.75, 3.05) is 0 Å². The predicted octanol–water partition coefficient (Wildman–Crippen LogP) is 3.39. The van der Waals surface area contributed by atoms with Gasteiger partial charge in [-0.1, -0.05) is 20.8 Å². The fourth-order valence-corrected chi connectivity index (χ4v) is 2.53. The predicted molar refractivity (Wildman–Crippen MR) is 74.2 cm³/mol. The summed E-state index contributed by atoms with van der Waals surface area (Å²) in [5.74, 6) is 0.244. The first kappa shape index (κ1) is 13.0. The molecule has 0 N–H and O–H groups in total. The van der Waals surface area contributed by atoms with Gasteiger partial charge in [0.15, 0.2) is 5.78 Å². The van der Waals surface area contributed by atoms with E-state index >= 15 is 0 Å². The number of carbonyl (C=O) groups is 1. The molecule has 2 aromatic rings. The van der Waals surface area contributed by atoms with Crippen LogP contribution in [-0.4, -0.2) is 15.3 Å². The van der Waals surface area contributed by atoms with Gasteiger partial charge in [0.05, 0.1) is 17.2 Å². The van der Waals surface area contributed by atoms with Gasteiger partial charge in [0.1, 0.15) is 0 Å². The van der Waals surface area contributed by atoms with Gasteiger partial charge in [0.2, 0.25) is 0 Å². The van der Waals surface area contributed by atoms with Crippen LogP contribution in [0.4, 0.5) is 0 Å². The Kier molecular flexibility index (Phi) is 3.97. The largest absolute Gasteiger partial charge is 0.348 e. The van der Waals surface area contributed by atoms with Crippen LogP contribution in [0, 0.1) is 5.92 Å². The minimum absolute atomic E-state index is 0.0480. The molecule has 4 heteroatoms. The molecule has 0 atom stereocenters. The molecule has 0 aliphatic heterocycles. The van der Waals surface area contributed by atoms with Crippen LogP contribution in [0.25, 0.3) is 0 Å². The highest BCUT2D eigenvalue weighted by Gasteiger charge is 2.11. The van der Waals surface area contributed by atoms with Crippen molar-refractivity contribution in [3.05, 3.63) is 40.1 Å². The van der Waals surface area contributed by atoms with E-state index in [0.717, 1.165) is 29.2 Å². The van der Waals surface area contributed by atoms with Crippen molar-refractivity contribution in [2.45, 2.75) is 33.7 Å². The average Bonchev–Trinajstić information content (AvgIpc) is 2.97. The number of ketones is 1. The lowest BCUT2D eigenvalue weighted by Gasteiger charge is -2.01. The van der Waals surface area contributed by atoms with E-state index in [4.69, 9.17) is 0 Å². The fourth-order valence-electron chi connectivity index (χ4n) is 1.79. The van der Waals surface area contributed by atoms with Crippen molar-refractivity contribution in [2.24, 2.45) is 5.92 Å². The molecule has 2 heterocycles. The number of carbonyl (C=O) groups excluding carboxylic acids is 1. The lowest BCUT2D eigenvalue weighted by atomic mass is 10.0. The van der Waals surface area contributed by atoms with Crippen LogP contribution < -0.4 is 0 Å². The van der Waals surface area contributed by atoms with Crippen molar-refractivity contribution >= 4 is 17.1 Å². The molecule has 18 heavy (non-hydrogen) atoms. The molecule has 0 aromatic carbocycles. The first-order valence-corrected chi connectivity index (χ1v) is 7.11. The first-order chi connectivity index (χ1) is 8.60. The molecule has 0 radical (unpaired) electrons. The zero-order valence-corrected chi connectivity index (χ0v) is 11.8. The SMILES string of the molecule is CCc1nc(Cn2ccc(C(=O)C(C)C)c2)cs1. The van der Waals surface area contributed by atoms with Crippen LogP contribution in [0.1, 0.15) is 41.8 Å². The van der Waals surface area contributed by atoms with Gasteiger partial charge in [-0.3, -0.25) is 4.79 Å². The number of Topliss-reactive ketones (excluding diaryl/α,β-unsaturated/α-hetero) is 1. The summed E-state index contributed by atoms with van der Waals surface area (Å²) < 4.78 is 2.02. The molecule has 3 nitrogen and oxygen atoms in total. The molecule has 0 spiro atoms. The molecule has 0 bridgehead atoms. The van der Waals surface area contributed by atoms with Crippen LogP contribution in [0.3, 0.4) is 0 Å². The zero-order chi connectivity index (χ0) is 13.1. The summed E-state index contributed by atoms with van der Waals surface area (Å²) in [6, 6.07) is 1.88. The lowest BCUT2D eigenvalue weighted by molar-refractivity contribution is 0.0939. The van der Waals surface area contributed by atoms with E-state index in [2.05, 4.69) is 17.3 Å². The summed E-state index contributed by atoms with van der Waals surface area (Å²) in [5, 5.41) is 3.25. The number of hydrogen-bond acceptors (Lipinski definition) is 3. The van der Waals surface area contributed by atoms with E-state index in [-0.39, 0.29) is 11.7 Å². The second kappa shape index (κ2) is 5.48. The van der Waals surface area contributed by atoms with Gasteiger partial charge in [0.25, 0.3) is 0 Å². The van der Waals surface area contributed by atoms with E-state index in [1.54, 1.807) is 11.3 Å². The third-order valence-electron chi connectivity index (χ3n) is 2.81. The number of aromatic nitrogens is 2. The Balaban J connectivity index is 2.08. The fraction of sp³-hybridized carbons (Fsp3) is 0.429. The molecular formula is C14H18N2OS. The summed E-state index contributed by atoms with van der Waals surface area (Å²) in [6.45, 7) is 6.70. The minimum Gasteiger partial charge on any atom is -0.348 e. The Bertz CT molecular complexity index is 539. The topological polar surface area (TPSA) is 34.9 Å². The molecule has 0 unspecified atom stereocenters. The van der Waals surface area contributed by atoms with Crippen molar-refractivity contribution < 1.29 is 4.79 Å². The Morgan fingerprint density at radius 1 is 1.50 bits per heavy atom. The highest BCUT2D eigenvalue weighted by atomic mass is 32.1. The third-order valence-corrected chi connectivity index (χ3v) is 3.85. The van der Waals surface area contributed by atoms with E-state index in [1.807, 2.05) is 36.9 Å². The molecule has 0 amide bonds. The van der Waals surface area contributed by atoms with E-state index < -0.39 is 0 Å². The van der Waals surface area contributed by atoms with Gasteiger partial charge in [0, 0.05) is 29.3 Å². The first-order valence-electron chi connectivity index (χ1n) is 6.23. The maximum absolute atomic E-state index is 11.8. The van der Waals surface area contributed by atoms with Gasteiger partial charge in [-0.05, 0) is 12.5 Å². The maximum atomic E-state index is 11.8. The second-order valence-electron chi connectivity index (χ2n) is 4.68. The van der Waals surface area contributed by atoms with Gasteiger partial charge >= 0.3 is 0 Å². The lowest BCUT2D eigenvalue weighted by Crippen LogP contribution is -2.06. The number of thiazole rings is 1. The standard InChI is InChI=1S/C14H18N2OS/c1-4-13-15-12(9-18-13)8-16-6-5-11(7-16)14(17)10(2)3/h5-7,9-10H,4,8H2,1-3H3. The molecule has 2 rings (SSSR count). The molecule has 2 aromatic heterocycles. The molecule has 0 saturated heterocycles. The minimum atomic E-state index is 0.0480. The summed E-state index contributed by atoms with van der Waals surface area (Å²) in [5.41, 5.74) is 1.85. The number of hydrogen-bond donors (Lipinski definition) is 0. The van der Waals surface area contributed by atoms with Gasteiger partial charge in [-0.2, -0.15) is 0 Å². The van der Waals surface area contributed by atoms with E-state index in [0.29, 0.717) is 0 Å². The quantitative estimate of drug-likeness (QED) is 0.774.